The SMILES string of the molecule is C=CC(=O)NCCOC(=O)CCCCCOC(=O)CCCCO. The molecular formula is C16H27NO6. The van der Waals surface area contributed by atoms with Crippen molar-refractivity contribution in [3.8, 4) is 0 Å². The minimum absolute atomic E-state index is 0.0873. The lowest BCUT2D eigenvalue weighted by molar-refractivity contribution is -0.145. The maximum Gasteiger partial charge on any atom is 0.305 e. The summed E-state index contributed by atoms with van der Waals surface area (Å²) < 4.78 is 9.97. The summed E-state index contributed by atoms with van der Waals surface area (Å²) in [5.41, 5.74) is 0. The highest BCUT2D eigenvalue weighted by molar-refractivity contribution is 5.86. The van der Waals surface area contributed by atoms with Gasteiger partial charge in [-0.05, 0) is 38.2 Å². The van der Waals surface area contributed by atoms with E-state index in [1.165, 1.54) is 0 Å². The Hall–Kier alpha value is -1.89. The monoisotopic (exact) mass is 329 g/mol. The molecule has 23 heavy (non-hydrogen) atoms. The molecule has 1 amide bonds. The number of esters is 2. The first kappa shape index (κ1) is 21.1. The fourth-order valence-corrected chi connectivity index (χ4v) is 1.67. The number of aliphatic hydroxyl groups is 1. The molecule has 0 aliphatic rings. The minimum Gasteiger partial charge on any atom is -0.466 e. The third-order valence-electron chi connectivity index (χ3n) is 2.93. The summed E-state index contributed by atoms with van der Waals surface area (Å²) in [4.78, 5) is 33.5. The van der Waals surface area contributed by atoms with Crippen LogP contribution >= 0.6 is 0 Å². The number of rotatable bonds is 14. The van der Waals surface area contributed by atoms with Crippen LogP contribution < -0.4 is 5.32 Å². The van der Waals surface area contributed by atoms with E-state index in [4.69, 9.17) is 14.6 Å². The summed E-state index contributed by atoms with van der Waals surface area (Å²) in [6.07, 6.45) is 5.17. The van der Waals surface area contributed by atoms with Crippen LogP contribution in [0.15, 0.2) is 12.7 Å². The van der Waals surface area contributed by atoms with Crippen LogP contribution in [0.3, 0.4) is 0 Å². The molecule has 0 rings (SSSR count). The van der Waals surface area contributed by atoms with E-state index in [0.29, 0.717) is 45.1 Å². The molecule has 0 bridgehead atoms. The average molecular weight is 329 g/mol. The standard InChI is InChI=1S/C16H27NO6/c1-2-14(19)17-10-13-23-16(21)8-4-3-7-12-22-15(20)9-5-6-11-18/h2,18H,1,3-13H2,(H,17,19). The second kappa shape index (κ2) is 15.0. The van der Waals surface area contributed by atoms with E-state index in [1.54, 1.807) is 0 Å². The van der Waals surface area contributed by atoms with Gasteiger partial charge in [-0.15, -0.1) is 0 Å². The van der Waals surface area contributed by atoms with Crippen LogP contribution in [-0.4, -0.2) is 49.3 Å². The van der Waals surface area contributed by atoms with Gasteiger partial charge in [0.2, 0.25) is 5.91 Å². The van der Waals surface area contributed by atoms with Crippen LogP contribution in [0.4, 0.5) is 0 Å². The molecule has 0 atom stereocenters. The molecule has 0 spiro atoms. The number of nitrogens with one attached hydrogen (secondary N) is 1. The van der Waals surface area contributed by atoms with E-state index in [0.717, 1.165) is 12.5 Å². The minimum atomic E-state index is -0.307. The predicted molar refractivity (Wildman–Crippen MR) is 84.5 cm³/mol. The van der Waals surface area contributed by atoms with E-state index in [1.807, 2.05) is 0 Å². The molecular weight excluding hydrogens is 302 g/mol. The largest absolute Gasteiger partial charge is 0.466 e. The van der Waals surface area contributed by atoms with Crippen LogP contribution in [0, 0.1) is 0 Å². The Morgan fingerprint density at radius 3 is 2.13 bits per heavy atom. The Kier molecular flexibility index (Phi) is 13.8. The van der Waals surface area contributed by atoms with Crippen molar-refractivity contribution in [2.75, 3.05) is 26.4 Å². The molecule has 0 saturated heterocycles. The Labute approximate surface area is 137 Å². The van der Waals surface area contributed by atoms with Gasteiger partial charge in [0.1, 0.15) is 6.61 Å². The van der Waals surface area contributed by atoms with Gasteiger partial charge in [0.05, 0.1) is 13.2 Å². The van der Waals surface area contributed by atoms with Crippen LogP contribution in [0.1, 0.15) is 44.9 Å². The topological polar surface area (TPSA) is 102 Å². The van der Waals surface area contributed by atoms with Gasteiger partial charge < -0.3 is 19.9 Å². The van der Waals surface area contributed by atoms with Crippen molar-refractivity contribution in [2.45, 2.75) is 44.9 Å². The second-order valence-corrected chi connectivity index (χ2v) is 4.93. The van der Waals surface area contributed by atoms with Crippen LogP contribution in [0.5, 0.6) is 0 Å². The molecule has 0 fully saturated rings. The van der Waals surface area contributed by atoms with Crippen molar-refractivity contribution in [2.24, 2.45) is 0 Å². The van der Waals surface area contributed by atoms with Crippen molar-refractivity contribution in [1.82, 2.24) is 5.32 Å². The predicted octanol–water partition coefficient (Wildman–Crippen LogP) is 1.10. The van der Waals surface area contributed by atoms with Crippen molar-refractivity contribution in [1.29, 1.82) is 0 Å². The summed E-state index contributed by atoms with van der Waals surface area (Å²) in [5, 5.41) is 11.1. The Bertz CT molecular complexity index is 370. The van der Waals surface area contributed by atoms with Gasteiger partial charge >= 0.3 is 11.9 Å². The van der Waals surface area contributed by atoms with E-state index < -0.39 is 0 Å². The quantitative estimate of drug-likeness (QED) is 0.281. The van der Waals surface area contributed by atoms with E-state index in [2.05, 4.69) is 11.9 Å². The van der Waals surface area contributed by atoms with E-state index in [9.17, 15) is 14.4 Å². The van der Waals surface area contributed by atoms with Gasteiger partial charge in [-0.2, -0.15) is 0 Å². The summed E-state index contributed by atoms with van der Waals surface area (Å²) in [5.74, 6) is -0.856. The van der Waals surface area contributed by atoms with E-state index in [-0.39, 0.29) is 37.6 Å². The highest BCUT2D eigenvalue weighted by Gasteiger charge is 2.04. The van der Waals surface area contributed by atoms with Crippen molar-refractivity contribution >= 4 is 17.8 Å². The molecule has 0 aromatic carbocycles. The Morgan fingerprint density at radius 1 is 0.913 bits per heavy atom. The van der Waals surface area contributed by atoms with Gasteiger partial charge in [-0.3, -0.25) is 14.4 Å². The summed E-state index contributed by atoms with van der Waals surface area (Å²) >= 11 is 0. The Balaban J connectivity index is 3.36. The van der Waals surface area contributed by atoms with Gasteiger partial charge in [0.15, 0.2) is 0 Å². The fourth-order valence-electron chi connectivity index (χ4n) is 1.67. The van der Waals surface area contributed by atoms with Crippen LogP contribution in [0.25, 0.3) is 0 Å². The molecule has 0 heterocycles. The summed E-state index contributed by atoms with van der Waals surface area (Å²) in [7, 11) is 0. The number of hydrogen-bond donors (Lipinski definition) is 2. The van der Waals surface area contributed by atoms with Gasteiger partial charge in [0, 0.05) is 19.4 Å². The zero-order valence-corrected chi connectivity index (χ0v) is 13.6. The van der Waals surface area contributed by atoms with Crippen molar-refractivity contribution < 1.29 is 29.0 Å². The summed E-state index contributed by atoms with van der Waals surface area (Å²) in [6.45, 7) is 4.15. The molecule has 7 heteroatoms. The number of unbranched alkanes of at least 4 members (excludes halogenated alkanes) is 3. The Morgan fingerprint density at radius 2 is 1.52 bits per heavy atom. The zero-order valence-electron chi connectivity index (χ0n) is 13.6. The third kappa shape index (κ3) is 14.8. The number of hydrogen-bond acceptors (Lipinski definition) is 6. The van der Waals surface area contributed by atoms with Crippen molar-refractivity contribution in [3.63, 3.8) is 0 Å². The number of carbonyl (C=O) groups excluding carboxylic acids is 3. The van der Waals surface area contributed by atoms with Crippen LogP contribution in [0.2, 0.25) is 0 Å². The fraction of sp³-hybridized carbons (Fsp3) is 0.688. The molecule has 0 unspecified atom stereocenters. The normalized spacial score (nSPS) is 9.96. The highest BCUT2D eigenvalue weighted by atomic mass is 16.5. The van der Waals surface area contributed by atoms with E-state index >= 15 is 0 Å². The zero-order chi connectivity index (χ0) is 17.3. The smallest absolute Gasteiger partial charge is 0.305 e. The molecule has 0 aromatic rings. The first-order chi connectivity index (χ1) is 11.1. The van der Waals surface area contributed by atoms with Gasteiger partial charge in [0.25, 0.3) is 0 Å². The number of carbonyl (C=O) groups is 3. The molecule has 7 nitrogen and oxygen atoms in total. The lowest BCUT2D eigenvalue weighted by Crippen LogP contribution is -2.26. The van der Waals surface area contributed by atoms with Gasteiger partial charge in [-0.25, -0.2) is 0 Å². The molecule has 0 saturated carbocycles. The lowest BCUT2D eigenvalue weighted by atomic mass is 10.2. The first-order valence-corrected chi connectivity index (χ1v) is 7.92. The second-order valence-electron chi connectivity index (χ2n) is 4.93. The maximum atomic E-state index is 11.4. The highest BCUT2D eigenvalue weighted by Crippen LogP contribution is 2.03. The van der Waals surface area contributed by atoms with Crippen LogP contribution in [-0.2, 0) is 23.9 Å². The molecule has 0 radical (unpaired) electrons. The molecule has 0 aliphatic carbocycles. The maximum absolute atomic E-state index is 11.4. The van der Waals surface area contributed by atoms with Crippen molar-refractivity contribution in [3.05, 3.63) is 12.7 Å². The van der Waals surface area contributed by atoms with Gasteiger partial charge in [-0.1, -0.05) is 6.58 Å². The number of ether oxygens (including phenoxy) is 2. The molecule has 0 aliphatic heterocycles. The molecule has 0 aromatic heterocycles. The number of aliphatic hydroxyl groups excluding tert-OH is 1. The average Bonchev–Trinajstić information content (AvgIpc) is 2.54. The number of amides is 1. The lowest BCUT2D eigenvalue weighted by Gasteiger charge is -2.06. The summed E-state index contributed by atoms with van der Waals surface area (Å²) in [6, 6.07) is 0. The molecule has 132 valence electrons. The third-order valence-corrected chi connectivity index (χ3v) is 2.93. The molecule has 2 N–H and O–H groups in total. The first-order valence-electron chi connectivity index (χ1n) is 7.92.